The molecular weight excluding hydrogens is 424 g/mol. The highest BCUT2D eigenvalue weighted by Gasteiger charge is 2.16. The number of hydrogen-bond donors (Lipinski definition) is 0. The summed E-state index contributed by atoms with van der Waals surface area (Å²) in [7, 11) is 0. The zero-order chi connectivity index (χ0) is 24.2. The average Bonchev–Trinajstić information content (AvgIpc) is 2.80. The second-order valence-electron chi connectivity index (χ2n) is 10.1. The molecule has 0 aromatic heterocycles. The predicted octanol–water partition coefficient (Wildman–Crippen LogP) is 10.8. The van der Waals surface area contributed by atoms with E-state index in [-0.39, 0.29) is 5.24 Å². The fourth-order valence-electron chi connectivity index (χ4n) is 4.93. The molecule has 0 amide bonds. The minimum Gasteiger partial charge on any atom is -0.276 e. The van der Waals surface area contributed by atoms with Gasteiger partial charge in [-0.2, -0.15) is 0 Å². The third-order valence-corrected chi connectivity index (χ3v) is 7.17. The van der Waals surface area contributed by atoms with E-state index in [1.807, 2.05) is 0 Å². The normalized spacial score (nSPS) is 11.3. The molecule has 0 aliphatic carbocycles. The minimum atomic E-state index is -0.247. The molecule has 0 saturated heterocycles. The Balaban J connectivity index is 2.81. The summed E-state index contributed by atoms with van der Waals surface area (Å²) in [4.78, 5) is 12.5. The van der Waals surface area contributed by atoms with E-state index < -0.39 is 0 Å². The van der Waals surface area contributed by atoms with Gasteiger partial charge in [-0.15, -0.1) is 0 Å². The smallest absolute Gasteiger partial charge is 0.252 e. The lowest BCUT2D eigenvalue weighted by Gasteiger charge is -2.16. The van der Waals surface area contributed by atoms with E-state index in [2.05, 4.69) is 32.9 Å². The van der Waals surface area contributed by atoms with Gasteiger partial charge in [0.1, 0.15) is 0 Å². The van der Waals surface area contributed by atoms with E-state index in [0.717, 1.165) is 37.7 Å². The standard InChI is InChI=1S/C31H53ClO/c1-4-7-10-13-16-19-22-27-25-28(23-20-17-14-11-8-5-2)30(31(32)33)29(26-27)24-21-18-15-12-9-6-3/h25-26H,4-24H2,1-3H3. The van der Waals surface area contributed by atoms with Crippen molar-refractivity contribution in [2.45, 2.75) is 156 Å². The number of halogens is 1. The van der Waals surface area contributed by atoms with E-state index in [0.29, 0.717) is 0 Å². The van der Waals surface area contributed by atoms with Gasteiger partial charge in [0, 0.05) is 5.56 Å². The lowest BCUT2D eigenvalue weighted by molar-refractivity contribution is 0.107. The topological polar surface area (TPSA) is 17.1 Å². The number of benzene rings is 1. The monoisotopic (exact) mass is 476 g/mol. The van der Waals surface area contributed by atoms with Crippen LogP contribution in [0.15, 0.2) is 12.1 Å². The van der Waals surface area contributed by atoms with Crippen LogP contribution in [0.1, 0.15) is 163 Å². The number of carbonyl (C=O) groups is 1. The van der Waals surface area contributed by atoms with Crippen molar-refractivity contribution in [3.63, 3.8) is 0 Å². The van der Waals surface area contributed by atoms with E-state index >= 15 is 0 Å². The SMILES string of the molecule is CCCCCCCCc1cc(CCCCCCCC)c(C(=O)Cl)c(CCCCCCCC)c1. The molecule has 190 valence electrons. The molecule has 1 rings (SSSR count). The molecule has 0 aliphatic heterocycles. The summed E-state index contributed by atoms with van der Waals surface area (Å²) in [6, 6.07) is 4.64. The number of hydrogen-bond acceptors (Lipinski definition) is 1. The summed E-state index contributed by atoms with van der Waals surface area (Å²) < 4.78 is 0. The number of rotatable bonds is 22. The molecule has 0 spiro atoms. The van der Waals surface area contributed by atoms with Crippen LogP contribution < -0.4 is 0 Å². The van der Waals surface area contributed by atoms with Crippen LogP contribution in [0.25, 0.3) is 0 Å². The first-order chi connectivity index (χ1) is 16.1. The molecule has 0 fully saturated rings. The molecule has 0 unspecified atom stereocenters. The van der Waals surface area contributed by atoms with E-state index in [4.69, 9.17) is 11.6 Å². The Morgan fingerprint density at radius 2 is 0.879 bits per heavy atom. The zero-order valence-electron chi connectivity index (χ0n) is 22.3. The van der Waals surface area contributed by atoms with Gasteiger partial charge in [-0.1, -0.05) is 129 Å². The molecule has 0 heterocycles. The summed E-state index contributed by atoms with van der Waals surface area (Å²) in [5.41, 5.74) is 4.70. The van der Waals surface area contributed by atoms with Crippen molar-refractivity contribution in [3.8, 4) is 0 Å². The molecule has 0 saturated carbocycles. The van der Waals surface area contributed by atoms with Gasteiger partial charge in [-0.3, -0.25) is 4.79 Å². The second-order valence-corrected chi connectivity index (χ2v) is 10.5. The summed E-state index contributed by atoms with van der Waals surface area (Å²) in [6.45, 7) is 6.80. The maximum absolute atomic E-state index is 12.5. The Bertz CT molecular complexity index is 584. The Hall–Kier alpha value is -0.820. The summed E-state index contributed by atoms with van der Waals surface area (Å²) in [6.07, 6.45) is 26.4. The molecule has 33 heavy (non-hydrogen) atoms. The maximum Gasteiger partial charge on any atom is 0.252 e. The Morgan fingerprint density at radius 3 is 1.24 bits per heavy atom. The Labute approximate surface area is 211 Å². The Morgan fingerprint density at radius 1 is 0.545 bits per heavy atom. The van der Waals surface area contributed by atoms with Gasteiger partial charge in [0.15, 0.2) is 0 Å². The van der Waals surface area contributed by atoms with Crippen molar-refractivity contribution in [1.82, 2.24) is 0 Å². The fourth-order valence-corrected chi connectivity index (χ4v) is 5.17. The molecule has 2 heteroatoms. The average molecular weight is 477 g/mol. The van der Waals surface area contributed by atoms with Crippen molar-refractivity contribution in [2.75, 3.05) is 0 Å². The highest BCUT2D eigenvalue weighted by atomic mass is 35.5. The molecule has 0 N–H and O–H groups in total. The molecular formula is C31H53ClO. The quantitative estimate of drug-likeness (QED) is 0.120. The molecule has 0 aliphatic rings. The third kappa shape index (κ3) is 14.2. The van der Waals surface area contributed by atoms with E-state index in [9.17, 15) is 4.79 Å². The van der Waals surface area contributed by atoms with Gasteiger partial charge in [-0.25, -0.2) is 0 Å². The molecule has 1 aromatic rings. The lowest BCUT2D eigenvalue weighted by Crippen LogP contribution is -2.07. The van der Waals surface area contributed by atoms with Crippen LogP contribution in [0.3, 0.4) is 0 Å². The van der Waals surface area contributed by atoms with Crippen LogP contribution in [0, 0.1) is 0 Å². The second kappa shape index (κ2) is 20.5. The first kappa shape index (κ1) is 30.2. The largest absolute Gasteiger partial charge is 0.276 e. The molecule has 1 aromatic carbocycles. The predicted molar refractivity (Wildman–Crippen MR) is 148 cm³/mol. The lowest BCUT2D eigenvalue weighted by atomic mass is 9.90. The van der Waals surface area contributed by atoms with Gasteiger partial charge in [0.25, 0.3) is 5.24 Å². The molecule has 0 bridgehead atoms. The van der Waals surface area contributed by atoms with Crippen LogP contribution in [0.2, 0.25) is 0 Å². The van der Waals surface area contributed by atoms with Gasteiger partial charge in [0.05, 0.1) is 0 Å². The van der Waals surface area contributed by atoms with Crippen LogP contribution >= 0.6 is 11.6 Å². The van der Waals surface area contributed by atoms with Gasteiger partial charge < -0.3 is 0 Å². The van der Waals surface area contributed by atoms with Crippen molar-refractivity contribution in [3.05, 3.63) is 34.4 Å². The summed E-state index contributed by atoms with van der Waals surface area (Å²) in [5, 5.41) is -0.247. The first-order valence-electron chi connectivity index (χ1n) is 14.5. The number of unbranched alkanes of at least 4 members (excludes halogenated alkanes) is 15. The third-order valence-electron chi connectivity index (χ3n) is 6.98. The maximum atomic E-state index is 12.5. The van der Waals surface area contributed by atoms with Crippen molar-refractivity contribution in [1.29, 1.82) is 0 Å². The van der Waals surface area contributed by atoms with Gasteiger partial charge >= 0.3 is 0 Å². The zero-order valence-corrected chi connectivity index (χ0v) is 23.0. The van der Waals surface area contributed by atoms with Gasteiger partial charge in [-0.05, 0) is 66.8 Å². The molecule has 0 radical (unpaired) electrons. The highest BCUT2D eigenvalue weighted by Crippen LogP contribution is 2.26. The van der Waals surface area contributed by atoms with Crippen molar-refractivity contribution < 1.29 is 4.79 Å². The first-order valence-corrected chi connectivity index (χ1v) is 14.9. The molecule has 0 atom stereocenters. The summed E-state index contributed by atoms with van der Waals surface area (Å²) >= 11 is 6.16. The highest BCUT2D eigenvalue weighted by molar-refractivity contribution is 6.68. The number of aryl methyl sites for hydroxylation is 3. The van der Waals surface area contributed by atoms with E-state index in [1.54, 1.807) is 0 Å². The van der Waals surface area contributed by atoms with Crippen molar-refractivity contribution in [2.24, 2.45) is 0 Å². The van der Waals surface area contributed by atoms with Crippen LogP contribution in [-0.2, 0) is 19.3 Å². The molecule has 1 nitrogen and oxygen atoms in total. The van der Waals surface area contributed by atoms with E-state index in [1.165, 1.54) is 119 Å². The summed E-state index contributed by atoms with van der Waals surface area (Å²) in [5.74, 6) is 0. The van der Waals surface area contributed by atoms with Crippen LogP contribution in [-0.4, -0.2) is 5.24 Å². The number of carbonyl (C=O) groups excluding carboxylic acids is 1. The van der Waals surface area contributed by atoms with Crippen LogP contribution in [0.4, 0.5) is 0 Å². The fraction of sp³-hybridized carbons (Fsp3) is 0.774. The van der Waals surface area contributed by atoms with Crippen LogP contribution in [0.5, 0.6) is 0 Å². The minimum absolute atomic E-state index is 0.247. The Kier molecular flexibility index (Phi) is 18.8. The van der Waals surface area contributed by atoms with Gasteiger partial charge in [0.2, 0.25) is 0 Å². The van der Waals surface area contributed by atoms with Crippen molar-refractivity contribution >= 4 is 16.8 Å².